The Balaban J connectivity index is 2.42. The van der Waals surface area contributed by atoms with Crippen molar-refractivity contribution in [2.45, 2.75) is 19.3 Å². The van der Waals surface area contributed by atoms with E-state index in [0.717, 1.165) is 6.20 Å². The van der Waals surface area contributed by atoms with E-state index in [4.69, 9.17) is 0 Å². The molecule has 0 fully saturated rings. The topological polar surface area (TPSA) is 30.0 Å². The molecule has 0 saturated heterocycles. The van der Waals surface area contributed by atoms with E-state index in [9.17, 15) is 13.6 Å². The monoisotopic (exact) mass is 261 g/mol. The molecule has 1 aromatic carbocycles. The molecule has 2 nitrogen and oxygen atoms in total. The van der Waals surface area contributed by atoms with Crippen molar-refractivity contribution in [3.8, 4) is 0 Å². The third kappa shape index (κ3) is 2.52. The summed E-state index contributed by atoms with van der Waals surface area (Å²) >= 11 is 0. The highest BCUT2D eigenvalue weighted by Gasteiger charge is 2.32. The van der Waals surface area contributed by atoms with E-state index < -0.39 is 11.2 Å². The lowest BCUT2D eigenvalue weighted by molar-refractivity contribution is 0.0904. The second-order valence-corrected chi connectivity index (χ2v) is 4.82. The lowest BCUT2D eigenvalue weighted by Crippen LogP contribution is -2.30. The van der Waals surface area contributed by atoms with Crippen molar-refractivity contribution in [3.63, 3.8) is 0 Å². The minimum absolute atomic E-state index is 0.00988. The SMILES string of the molecule is CC(C)(C(=O)c1ccncc1F)c1ccc(F)cc1. The fourth-order valence-corrected chi connectivity index (χ4v) is 1.89. The Morgan fingerprint density at radius 2 is 1.74 bits per heavy atom. The first-order valence-electron chi connectivity index (χ1n) is 5.83. The van der Waals surface area contributed by atoms with Crippen LogP contribution in [0.25, 0.3) is 0 Å². The van der Waals surface area contributed by atoms with Crippen molar-refractivity contribution in [3.05, 3.63) is 65.5 Å². The van der Waals surface area contributed by atoms with Crippen LogP contribution < -0.4 is 0 Å². The molecule has 2 rings (SSSR count). The summed E-state index contributed by atoms with van der Waals surface area (Å²) in [6.45, 7) is 3.37. The third-order valence-electron chi connectivity index (χ3n) is 3.15. The fourth-order valence-electron chi connectivity index (χ4n) is 1.89. The lowest BCUT2D eigenvalue weighted by Gasteiger charge is -2.23. The molecule has 0 radical (unpaired) electrons. The second-order valence-electron chi connectivity index (χ2n) is 4.82. The van der Waals surface area contributed by atoms with Gasteiger partial charge in [-0.2, -0.15) is 0 Å². The molecule has 0 aliphatic carbocycles. The molecular formula is C15H13F2NO. The minimum Gasteiger partial charge on any atom is -0.293 e. The molecule has 0 aliphatic rings. The van der Waals surface area contributed by atoms with Crippen LogP contribution in [0.2, 0.25) is 0 Å². The molecule has 1 aromatic heterocycles. The Kier molecular flexibility index (Phi) is 3.42. The zero-order valence-electron chi connectivity index (χ0n) is 10.7. The zero-order valence-corrected chi connectivity index (χ0v) is 10.7. The van der Waals surface area contributed by atoms with E-state index in [2.05, 4.69) is 4.98 Å². The summed E-state index contributed by atoms with van der Waals surface area (Å²) in [6.07, 6.45) is 2.38. The second kappa shape index (κ2) is 4.88. The minimum atomic E-state index is -0.935. The van der Waals surface area contributed by atoms with Crippen molar-refractivity contribution < 1.29 is 13.6 Å². The molecule has 0 aliphatic heterocycles. The highest BCUT2D eigenvalue weighted by molar-refractivity contribution is 6.03. The van der Waals surface area contributed by atoms with Gasteiger partial charge < -0.3 is 0 Å². The van der Waals surface area contributed by atoms with Gasteiger partial charge in [-0.3, -0.25) is 9.78 Å². The van der Waals surface area contributed by atoms with Crippen LogP contribution >= 0.6 is 0 Å². The van der Waals surface area contributed by atoms with Gasteiger partial charge in [-0.1, -0.05) is 12.1 Å². The van der Waals surface area contributed by atoms with E-state index in [1.54, 1.807) is 13.8 Å². The highest BCUT2D eigenvalue weighted by atomic mass is 19.1. The van der Waals surface area contributed by atoms with E-state index in [0.29, 0.717) is 5.56 Å². The molecule has 0 atom stereocenters. The van der Waals surface area contributed by atoms with Gasteiger partial charge >= 0.3 is 0 Å². The normalized spacial score (nSPS) is 11.4. The van der Waals surface area contributed by atoms with E-state index >= 15 is 0 Å². The average Bonchev–Trinajstić information content (AvgIpc) is 2.39. The summed E-state index contributed by atoms with van der Waals surface area (Å²) in [5.41, 5.74) is -0.310. The number of rotatable bonds is 3. The van der Waals surface area contributed by atoms with Crippen LogP contribution in [0.3, 0.4) is 0 Å². The maximum Gasteiger partial charge on any atom is 0.175 e. The predicted molar refractivity (Wildman–Crippen MR) is 68.0 cm³/mol. The van der Waals surface area contributed by atoms with Crippen LogP contribution in [0.4, 0.5) is 8.78 Å². The van der Waals surface area contributed by atoms with Gasteiger partial charge in [0.25, 0.3) is 0 Å². The number of hydrogen-bond acceptors (Lipinski definition) is 2. The first-order chi connectivity index (χ1) is 8.93. The van der Waals surface area contributed by atoms with Crippen molar-refractivity contribution in [2.24, 2.45) is 0 Å². The summed E-state index contributed by atoms with van der Waals surface area (Å²) in [5, 5.41) is 0. The molecule has 0 N–H and O–H groups in total. The summed E-state index contributed by atoms with van der Waals surface area (Å²) in [7, 11) is 0. The molecule has 0 amide bonds. The Labute approximate surface area is 110 Å². The molecule has 0 spiro atoms. The molecule has 19 heavy (non-hydrogen) atoms. The number of pyridine rings is 1. The van der Waals surface area contributed by atoms with Gasteiger partial charge in [0.2, 0.25) is 0 Å². The molecule has 98 valence electrons. The lowest BCUT2D eigenvalue weighted by atomic mass is 9.78. The summed E-state index contributed by atoms with van der Waals surface area (Å²) in [6, 6.07) is 6.99. The largest absolute Gasteiger partial charge is 0.293 e. The summed E-state index contributed by atoms with van der Waals surface area (Å²) in [4.78, 5) is 16.0. The summed E-state index contributed by atoms with van der Waals surface area (Å²) in [5.74, 6) is -1.39. The van der Waals surface area contributed by atoms with Crippen LogP contribution in [-0.4, -0.2) is 10.8 Å². The van der Waals surface area contributed by atoms with Gasteiger partial charge in [0.15, 0.2) is 11.6 Å². The number of ketones is 1. The van der Waals surface area contributed by atoms with E-state index in [-0.39, 0.29) is 17.2 Å². The van der Waals surface area contributed by atoms with Crippen molar-refractivity contribution in [1.29, 1.82) is 0 Å². The molecule has 0 unspecified atom stereocenters. The van der Waals surface area contributed by atoms with Crippen LogP contribution in [0.5, 0.6) is 0 Å². The first-order valence-corrected chi connectivity index (χ1v) is 5.83. The number of aromatic nitrogens is 1. The smallest absolute Gasteiger partial charge is 0.175 e. The van der Waals surface area contributed by atoms with Gasteiger partial charge in [0.05, 0.1) is 17.2 Å². The van der Waals surface area contributed by atoms with Crippen molar-refractivity contribution >= 4 is 5.78 Å². The number of carbonyl (C=O) groups excluding carboxylic acids is 1. The Bertz CT molecular complexity index is 606. The Morgan fingerprint density at radius 3 is 2.32 bits per heavy atom. The van der Waals surface area contributed by atoms with Crippen molar-refractivity contribution in [1.82, 2.24) is 4.98 Å². The maximum atomic E-state index is 13.6. The number of halogens is 2. The van der Waals surface area contributed by atoms with Gasteiger partial charge in [-0.25, -0.2) is 8.78 Å². The third-order valence-corrected chi connectivity index (χ3v) is 3.15. The van der Waals surface area contributed by atoms with Crippen LogP contribution in [0, 0.1) is 11.6 Å². The summed E-state index contributed by atoms with van der Waals surface area (Å²) < 4.78 is 26.5. The number of hydrogen-bond donors (Lipinski definition) is 0. The maximum absolute atomic E-state index is 13.6. The number of Topliss-reactive ketones (excluding diaryl/α,β-unsaturated/α-hetero) is 1. The van der Waals surface area contributed by atoms with Crippen molar-refractivity contribution in [2.75, 3.05) is 0 Å². The van der Waals surface area contributed by atoms with Crippen LogP contribution in [0.15, 0.2) is 42.7 Å². The Hall–Kier alpha value is -2.10. The number of benzene rings is 1. The van der Waals surface area contributed by atoms with Gasteiger partial charge in [-0.15, -0.1) is 0 Å². The zero-order chi connectivity index (χ0) is 14.0. The fraction of sp³-hybridized carbons (Fsp3) is 0.200. The quantitative estimate of drug-likeness (QED) is 0.791. The van der Waals surface area contributed by atoms with Crippen LogP contribution in [-0.2, 0) is 5.41 Å². The van der Waals surface area contributed by atoms with Crippen LogP contribution in [0.1, 0.15) is 29.8 Å². The molecule has 4 heteroatoms. The standard InChI is InChI=1S/C15H13F2NO/c1-15(2,10-3-5-11(16)6-4-10)14(19)12-7-8-18-9-13(12)17/h3-9H,1-2H3. The van der Waals surface area contributed by atoms with Gasteiger partial charge in [0.1, 0.15) is 5.82 Å². The van der Waals surface area contributed by atoms with E-state index in [1.165, 1.54) is 36.5 Å². The molecule has 0 bridgehead atoms. The van der Waals surface area contributed by atoms with Gasteiger partial charge in [0, 0.05) is 6.20 Å². The Morgan fingerprint density at radius 1 is 1.11 bits per heavy atom. The average molecular weight is 261 g/mol. The molecule has 0 saturated carbocycles. The molecule has 1 heterocycles. The molecular weight excluding hydrogens is 248 g/mol. The first kappa shape index (κ1) is 13.3. The molecule has 2 aromatic rings. The highest BCUT2D eigenvalue weighted by Crippen LogP contribution is 2.28. The predicted octanol–water partition coefficient (Wildman–Crippen LogP) is 3.52. The number of carbonyl (C=O) groups is 1. The van der Waals surface area contributed by atoms with Gasteiger partial charge in [-0.05, 0) is 37.6 Å². The van der Waals surface area contributed by atoms with E-state index in [1.807, 2.05) is 0 Å². The number of nitrogens with zero attached hydrogens (tertiary/aromatic N) is 1.